The minimum atomic E-state index is -5.10. The van der Waals surface area contributed by atoms with Gasteiger partial charge < -0.3 is 9.84 Å². The van der Waals surface area contributed by atoms with Crippen molar-refractivity contribution in [3.8, 4) is 0 Å². The second kappa shape index (κ2) is 8.85. The summed E-state index contributed by atoms with van der Waals surface area (Å²) in [6.07, 6.45) is -5.50. The van der Waals surface area contributed by atoms with Crippen LogP contribution in [0.3, 0.4) is 0 Å². The lowest BCUT2D eigenvalue weighted by Crippen LogP contribution is -2.45. The van der Waals surface area contributed by atoms with Gasteiger partial charge in [-0.1, -0.05) is 30.3 Å². The number of aliphatic carboxylic acids is 1. The molecule has 0 aliphatic heterocycles. The van der Waals surface area contributed by atoms with E-state index in [2.05, 4.69) is 0 Å². The number of benzene rings is 1. The lowest BCUT2D eigenvalue weighted by molar-refractivity contribution is -0.139. The Labute approximate surface area is 179 Å². The second-order valence-electron chi connectivity index (χ2n) is 7.03. The van der Waals surface area contributed by atoms with Gasteiger partial charge in [-0.15, -0.1) is 0 Å². The van der Waals surface area contributed by atoms with E-state index in [9.17, 15) is 32.3 Å². The maximum Gasteiger partial charge on any atom is 0.417 e. The Morgan fingerprint density at radius 1 is 1.12 bits per heavy atom. The van der Waals surface area contributed by atoms with Gasteiger partial charge in [-0.05, 0) is 18.9 Å². The van der Waals surface area contributed by atoms with Gasteiger partial charge in [-0.2, -0.15) is 13.2 Å². The number of nitrogens with zero attached hydrogens (tertiary/aromatic N) is 2. The topological polar surface area (TPSA) is 108 Å². The van der Waals surface area contributed by atoms with E-state index in [4.69, 9.17) is 9.84 Å². The highest BCUT2D eigenvalue weighted by Crippen LogP contribution is 2.42. The number of carbonyl (C=O) groups is 2. The minimum Gasteiger partial charge on any atom is -0.480 e. The molecule has 1 aliphatic rings. The standard InChI is InChI=1S/C21H19F3N2O6/c1-2-32-19(30)13-10-14-16(17(13)21(22,23)24)18(29)26(11-15(27)28)20(31)25(14)9-8-12-6-4-3-5-7-12/h3-7H,2,8-11H2,1H3,(H,27,28). The van der Waals surface area contributed by atoms with Crippen LogP contribution in [-0.4, -0.2) is 39.0 Å². The molecule has 1 N–H and O–H groups in total. The Balaban J connectivity index is 2.24. The summed E-state index contributed by atoms with van der Waals surface area (Å²) in [5.74, 6) is -2.82. The van der Waals surface area contributed by atoms with Gasteiger partial charge in [-0.3, -0.25) is 14.2 Å². The lowest BCUT2D eigenvalue weighted by atomic mass is 10.1. The van der Waals surface area contributed by atoms with Crippen molar-refractivity contribution in [3.05, 3.63) is 73.6 Å². The zero-order chi connectivity index (χ0) is 23.6. The van der Waals surface area contributed by atoms with Gasteiger partial charge >= 0.3 is 23.8 Å². The van der Waals surface area contributed by atoms with E-state index in [1.165, 1.54) is 6.92 Å². The third-order valence-corrected chi connectivity index (χ3v) is 5.00. The number of aryl methyl sites for hydroxylation is 1. The molecule has 1 aromatic heterocycles. The normalized spacial score (nSPS) is 13.2. The van der Waals surface area contributed by atoms with Crippen molar-refractivity contribution in [1.82, 2.24) is 9.13 Å². The number of allylic oxidation sites excluding steroid dienone is 1. The minimum absolute atomic E-state index is 0.119. The number of alkyl halides is 3. The molecule has 0 saturated heterocycles. The molecule has 0 amide bonds. The molecule has 32 heavy (non-hydrogen) atoms. The van der Waals surface area contributed by atoms with Gasteiger partial charge in [0, 0.05) is 18.7 Å². The van der Waals surface area contributed by atoms with Crippen LogP contribution in [0.1, 0.15) is 23.7 Å². The van der Waals surface area contributed by atoms with Crippen LogP contribution in [0.15, 0.2) is 45.5 Å². The predicted octanol–water partition coefficient (Wildman–Crippen LogP) is 1.77. The molecule has 0 radical (unpaired) electrons. The number of halogens is 3. The van der Waals surface area contributed by atoms with Gasteiger partial charge in [0.25, 0.3) is 5.56 Å². The summed E-state index contributed by atoms with van der Waals surface area (Å²) in [7, 11) is 0. The summed E-state index contributed by atoms with van der Waals surface area (Å²) < 4.78 is 47.7. The van der Waals surface area contributed by atoms with Crippen LogP contribution in [-0.2, 0) is 40.3 Å². The molecule has 0 saturated carbocycles. The van der Waals surface area contributed by atoms with Crippen molar-refractivity contribution in [2.24, 2.45) is 0 Å². The predicted molar refractivity (Wildman–Crippen MR) is 106 cm³/mol. The molecule has 1 aromatic carbocycles. The van der Waals surface area contributed by atoms with E-state index < -0.39 is 59.0 Å². The monoisotopic (exact) mass is 452 g/mol. The summed E-state index contributed by atoms with van der Waals surface area (Å²) in [6, 6.07) is 8.77. The van der Waals surface area contributed by atoms with Crippen LogP contribution in [0.2, 0.25) is 0 Å². The average molecular weight is 452 g/mol. The molecule has 1 heterocycles. The number of aromatic nitrogens is 2. The molecule has 11 heteroatoms. The highest BCUT2D eigenvalue weighted by molar-refractivity contribution is 6.01. The van der Waals surface area contributed by atoms with E-state index in [0.717, 1.165) is 10.1 Å². The first kappa shape index (κ1) is 23.0. The number of rotatable bonds is 7. The summed E-state index contributed by atoms with van der Waals surface area (Å²) >= 11 is 0. The van der Waals surface area contributed by atoms with Crippen molar-refractivity contribution in [2.75, 3.05) is 6.61 Å². The van der Waals surface area contributed by atoms with Gasteiger partial charge in [0.05, 0.1) is 23.3 Å². The molecule has 0 spiro atoms. The number of hydrogen-bond acceptors (Lipinski definition) is 5. The summed E-state index contributed by atoms with van der Waals surface area (Å²) in [6.45, 7) is -0.000193. The summed E-state index contributed by atoms with van der Waals surface area (Å²) in [4.78, 5) is 49.2. The van der Waals surface area contributed by atoms with Crippen LogP contribution in [0.4, 0.5) is 13.2 Å². The van der Waals surface area contributed by atoms with Gasteiger partial charge in [0.1, 0.15) is 6.54 Å². The van der Waals surface area contributed by atoms with Gasteiger partial charge in [-0.25, -0.2) is 14.2 Å². The number of fused-ring (bicyclic) bond motifs is 1. The van der Waals surface area contributed by atoms with Gasteiger partial charge in [0.2, 0.25) is 0 Å². The number of carbonyl (C=O) groups excluding carboxylic acids is 1. The Morgan fingerprint density at radius 3 is 2.34 bits per heavy atom. The van der Waals surface area contributed by atoms with E-state index in [-0.39, 0.29) is 29.8 Å². The largest absolute Gasteiger partial charge is 0.480 e. The fraction of sp³-hybridized carbons (Fsp3) is 0.333. The number of carboxylic acids is 1. The number of esters is 1. The van der Waals surface area contributed by atoms with Gasteiger partial charge in [0.15, 0.2) is 0 Å². The van der Waals surface area contributed by atoms with Crippen LogP contribution in [0, 0.1) is 0 Å². The molecule has 8 nitrogen and oxygen atoms in total. The van der Waals surface area contributed by atoms with E-state index >= 15 is 0 Å². The van der Waals surface area contributed by atoms with E-state index in [1.807, 2.05) is 0 Å². The quantitative estimate of drug-likeness (QED) is 0.642. The first-order valence-corrected chi connectivity index (χ1v) is 9.66. The van der Waals surface area contributed by atoms with Crippen LogP contribution in [0.5, 0.6) is 0 Å². The number of ether oxygens (including phenoxy) is 1. The second-order valence-corrected chi connectivity index (χ2v) is 7.03. The Kier molecular flexibility index (Phi) is 6.37. The summed E-state index contributed by atoms with van der Waals surface area (Å²) in [5.41, 5.74) is -5.15. The van der Waals surface area contributed by atoms with Crippen molar-refractivity contribution in [2.45, 2.75) is 39.0 Å². The van der Waals surface area contributed by atoms with Crippen molar-refractivity contribution in [3.63, 3.8) is 0 Å². The van der Waals surface area contributed by atoms with Crippen molar-refractivity contribution in [1.29, 1.82) is 0 Å². The van der Waals surface area contributed by atoms with Crippen LogP contribution < -0.4 is 11.2 Å². The molecule has 0 atom stereocenters. The number of carboxylic acid groups (broad SMARTS) is 1. The zero-order valence-electron chi connectivity index (χ0n) is 16.9. The molecule has 3 rings (SSSR count). The molecule has 2 aromatic rings. The Hall–Kier alpha value is -3.63. The maximum absolute atomic E-state index is 13.9. The third-order valence-electron chi connectivity index (χ3n) is 5.00. The number of hydrogen-bond donors (Lipinski definition) is 1. The molecular weight excluding hydrogens is 433 g/mol. The molecule has 170 valence electrons. The zero-order valence-corrected chi connectivity index (χ0v) is 16.9. The SMILES string of the molecule is CCOC(=O)C1=C(C(F)(F)F)c2c(n(CCc3ccccc3)c(=O)n(CC(=O)O)c2=O)C1. The summed E-state index contributed by atoms with van der Waals surface area (Å²) in [5, 5.41) is 9.08. The maximum atomic E-state index is 13.9. The Morgan fingerprint density at radius 2 is 1.78 bits per heavy atom. The van der Waals surface area contributed by atoms with Crippen LogP contribution in [0.25, 0.3) is 5.57 Å². The fourth-order valence-corrected chi connectivity index (χ4v) is 3.68. The Bertz CT molecular complexity index is 1210. The van der Waals surface area contributed by atoms with Crippen LogP contribution >= 0.6 is 0 Å². The smallest absolute Gasteiger partial charge is 0.417 e. The van der Waals surface area contributed by atoms with Crippen molar-refractivity contribution >= 4 is 17.5 Å². The molecule has 1 aliphatic carbocycles. The van der Waals surface area contributed by atoms with Crippen molar-refractivity contribution < 1.29 is 32.6 Å². The first-order valence-electron chi connectivity index (χ1n) is 9.66. The molecular formula is C21H19F3N2O6. The van der Waals surface area contributed by atoms with E-state index in [1.54, 1.807) is 30.3 Å². The third kappa shape index (κ3) is 4.36. The molecule has 0 bridgehead atoms. The molecule has 0 unspecified atom stereocenters. The van der Waals surface area contributed by atoms with E-state index in [0.29, 0.717) is 0 Å². The lowest BCUT2D eigenvalue weighted by Gasteiger charge is -2.16. The first-order chi connectivity index (χ1) is 15.1. The average Bonchev–Trinajstić information content (AvgIpc) is 3.13. The highest BCUT2D eigenvalue weighted by atomic mass is 19.4. The fourth-order valence-electron chi connectivity index (χ4n) is 3.68. The highest BCUT2D eigenvalue weighted by Gasteiger charge is 2.47. The molecule has 0 fully saturated rings.